The molecule has 4 aromatic rings. The second-order valence-electron chi connectivity index (χ2n) is 8.26. The van der Waals surface area contributed by atoms with Crippen molar-refractivity contribution < 1.29 is 27.1 Å². The first-order valence-electron chi connectivity index (χ1n) is 11.3. The van der Waals surface area contributed by atoms with Crippen LogP contribution in [0.25, 0.3) is 12.2 Å². The van der Waals surface area contributed by atoms with Crippen LogP contribution in [0.5, 0.6) is 5.75 Å². The first-order valence-corrected chi connectivity index (χ1v) is 11.3. The van der Waals surface area contributed by atoms with Gasteiger partial charge in [0.15, 0.2) is 0 Å². The molecule has 0 N–H and O–H groups in total. The lowest BCUT2D eigenvalue weighted by Gasteiger charge is -2.10. The van der Waals surface area contributed by atoms with Crippen molar-refractivity contribution in [3.8, 4) is 5.75 Å². The van der Waals surface area contributed by atoms with Crippen LogP contribution >= 0.6 is 0 Å². The summed E-state index contributed by atoms with van der Waals surface area (Å²) in [5.74, 6) is 1.04. The quantitative estimate of drug-likeness (QED) is 0.243. The van der Waals surface area contributed by atoms with E-state index in [9.17, 15) is 13.2 Å². The summed E-state index contributed by atoms with van der Waals surface area (Å²) < 4.78 is 56.9. The Bertz CT molecular complexity index is 1310. The molecule has 0 saturated carbocycles. The SMILES string of the molecule is Cc1cc(OCc2coc(C=Cc3ccc(C(F)(F)F)cc3)n2)ccc1COCCc1ccnn1C. The standard InChI is InChI=1S/C27H26F3N3O3/c1-19-15-25(9-6-21(19)16-34-14-12-24-11-13-31-33(24)2)35-17-23-18-36-26(32-23)10-5-20-3-7-22(8-4-20)27(28,29)30/h3-11,13,15,18H,12,14,16-17H2,1-2H3. The molecule has 0 saturated heterocycles. The molecule has 2 aromatic heterocycles. The van der Waals surface area contributed by atoms with Crippen LogP contribution in [0.4, 0.5) is 13.2 Å². The number of aryl methyl sites for hydroxylation is 2. The van der Waals surface area contributed by atoms with E-state index in [2.05, 4.69) is 10.1 Å². The third kappa shape index (κ3) is 6.85. The van der Waals surface area contributed by atoms with Crippen molar-refractivity contribution in [2.45, 2.75) is 32.7 Å². The first kappa shape index (κ1) is 25.2. The monoisotopic (exact) mass is 497 g/mol. The normalized spacial score (nSPS) is 11.9. The lowest BCUT2D eigenvalue weighted by atomic mass is 10.1. The fourth-order valence-electron chi connectivity index (χ4n) is 3.50. The Morgan fingerprint density at radius 1 is 1.03 bits per heavy atom. The van der Waals surface area contributed by atoms with Gasteiger partial charge in [0.1, 0.15) is 24.3 Å². The van der Waals surface area contributed by atoms with Crippen molar-refractivity contribution in [2.24, 2.45) is 7.05 Å². The largest absolute Gasteiger partial charge is 0.487 e. The molecule has 0 aliphatic heterocycles. The minimum atomic E-state index is -4.35. The van der Waals surface area contributed by atoms with Gasteiger partial charge in [0, 0.05) is 31.4 Å². The Balaban J connectivity index is 1.24. The predicted molar refractivity (Wildman–Crippen MR) is 129 cm³/mol. The van der Waals surface area contributed by atoms with Gasteiger partial charge in [-0.1, -0.05) is 18.2 Å². The Labute approximate surface area is 207 Å². The van der Waals surface area contributed by atoms with E-state index in [0.717, 1.165) is 35.4 Å². The molecule has 4 rings (SSSR count). The molecule has 9 heteroatoms. The van der Waals surface area contributed by atoms with Crippen LogP contribution in [-0.2, 0) is 37.6 Å². The highest BCUT2D eigenvalue weighted by molar-refractivity contribution is 5.66. The molecule has 0 aliphatic rings. The zero-order valence-corrected chi connectivity index (χ0v) is 20.0. The number of hydrogen-bond acceptors (Lipinski definition) is 5. The second kappa shape index (κ2) is 11.3. The summed E-state index contributed by atoms with van der Waals surface area (Å²) in [7, 11) is 1.91. The highest BCUT2D eigenvalue weighted by atomic mass is 19.4. The summed E-state index contributed by atoms with van der Waals surface area (Å²) >= 11 is 0. The van der Waals surface area contributed by atoms with Crippen LogP contribution in [-0.4, -0.2) is 21.4 Å². The molecule has 2 heterocycles. The van der Waals surface area contributed by atoms with Crippen molar-refractivity contribution in [2.75, 3.05) is 6.61 Å². The Kier molecular flexibility index (Phi) is 7.90. The summed E-state index contributed by atoms with van der Waals surface area (Å²) in [4.78, 5) is 4.33. The summed E-state index contributed by atoms with van der Waals surface area (Å²) in [6, 6.07) is 12.7. The van der Waals surface area contributed by atoms with Gasteiger partial charge < -0.3 is 13.9 Å². The number of rotatable bonds is 10. The average Bonchev–Trinajstić information content (AvgIpc) is 3.48. The topological polar surface area (TPSA) is 62.3 Å². The number of aromatic nitrogens is 3. The van der Waals surface area contributed by atoms with Gasteiger partial charge >= 0.3 is 6.18 Å². The lowest BCUT2D eigenvalue weighted by molar-refractivity contribution is -0.137. The van der Waals surface area contributed by atoms with Crippen molar-refractivity contribution in [3.63, 3.8) is 0 Å². The minimum Gasteiger partial charge on any atom is -0.487 e. The van der Waals surface area contributed by atoms with Gasteiger partial charge in [-0.2, -0.15) is 18.3 Å². The number of ether oxygens (including phenoxy) is 2. The number of halogens is 3. The maximum absolute atomic E-state index is 12.7. The molecule has 0 aliphatic carbocycles. The van der Waals surface area contributed by atoms with Crippen LogP contribution in [0.1, 0.15) is 39.5 Å². The first-order chi connectivity index (χ1) is 17.3. The zero-order chi connectivity index (χ0) is 25.5. The lowest BCUT2D eigenvalue weighted by Crippen LogP contribution is -2.05. The van der Waals surface area contributed by atoms with E-state index in [4.69, 9.17) is 13.9 Å². The maximum Gasteiger partial charge on any atom is 0.416 e. The molecule has 0 radical (unpaired) electrons. The molecule has 0 unspecified atom stereocenters. The van der Waals surface area contributed by atoms with Gasteiger partial charge in [-0.3, -0.25) is 4.68 Å². The molecule has 0 spiro atoms. The summed E-state index contributed by atoms with van der Waals surface area (Å²) in [6.45, 7) is 3.35. The summed E-state index contributed by atoms with van der Waals surface area (Å²) in [6.07, 6.45) is 2.95. The van der Waals surface area contributed by atoms with Gasteiger partial charge in [-0.15, -0.1) is 0 Å². The average molecular weight is 498 g/mol. The minimum absolute atomic E-state index is 0.220. The van der Waals surface area contributed by atoms with Crippen molar-refractivity contribution >= 4 is 12.2 Å². The molecule has 6 nitrogen and oxygen atoms in total. The van der Waals surface area contributed by atoms with Crippen molar-refractivity contribution in [1.82, 2.24) is 14.8 Å². The van der Waals surface area contributed by atoms with Gasteiger partial charge in [0.2, 0.25) is 5.89 Å². The van der Waals surface area contributed by atoms with Gasteiger partial charge in [0.05, 0.1) is 18.8 Å². The predicted octanol–water partition coefficient (Wildman–Crippen LogP) is 6.24. The van der Waals surface area contributed by atoms with E-state index in [0.29, 0.717) is 36.1 Å². The van der Waals surface area contributed by atoms with E-state index in [1.54, 1.807) is 18.3 Å². The van der Waals surface area contributed by atoms with E-state index >= 15 is 0 Å². The number of benzene rings is 2. The van der Waals surface area contributed by atoms with Crippen LogP contribution in [0.15, 0.2) is 65.4 Å². The number of hydrogen-bond donors (Lipinski definition) is 0. The van der Waals surface area contributed by atoms with Gasteiger partial charge in [-0.25, -0.2) is 4.98 Å². The van der Waals surface area contributed by atoms with Crippen molar-refractivity contribution in [3.05, 3.63) is 101 Å². The molecule has 0 amide bonds. The summed E-state index contributed by atoms with van der Waals surface area (Å²) in [5, 5.41) is 4.15. The third-order valence-corrected chi connectivity index (χ3v) is 5.61. The smallest absolute Gasteiger partial charge is 0.416 e. The van der Waals surface area contributed by atoms with Gasteiger partial charge in [0.25, 0.3) is 0 Å². The molecular weight excluding hydrogens is 471 g/mol. The third-order valence-electron chi connectivity index (χ3n) is 5.61. The number of nitrogens with zero attached hydrogens (tertiary/aromatic N) is 3. The van der Waals surface area contributed by atoms with Crippen LogP contribution < -0.4 is 4.74 Å². The van der Waals surface area contributed by atoms with Gasteiger partial charge in [-0.05, 0) is 60.0 Å². The molecule has 2 aromatic carbocycles. The second-order valence-corrected chi connectivity index (χ2v) is 8.26. The van der Waals surface area contributed by atoms with Crippen LogP contribution in [0, 0.1) is 6.92 Å². The van der Waals surface area contributed by atoms with E-state index in [-0.39, 0.29) is 6.61 Å². The van der Waals surface area contributed by atoms with E-state index < -0.39 is 11.7 Å². The Morgan fingerprint density at radius 2 is 1.83 bits per heavy atom. The number of oxazole rings is 1. The zero-order valence-electron chi connectivity index (χ0n) is 20.0. The van der Waals surface area contributed by atoms with E-state index in [1.165, 1.54) is 18.4 Å². The Hall–Kier alpha value is -3.85. The van der Waals surface area contributed by atoms with Crippen LogP contribution in [0.2, 0.25) is 0 Å². The molecular formula is C27H26F3N3O3. The maximum atomic E-state index is 12.7. The molecule has 36 heavy (non-hydrogen) atoms. The highest BCUT2D eigenvalue weighted by Crippen LogP contribution is 2.29. The summed E-state index contributed by atoms with van der Waals surface area (Å²) in [5.41, 5.74) is 3.80. The molecule has 0 atom stereocenters. The van der Waals surface area contributed by atoms with Crippen LogP contribution in [0.3, 0.4) is 0 Å². The fraction of sp³-hybridized carbons (Fsp3) is 0.259. The van der Waals surface area contributed by atoms with Crippen molar-refractivity contribution in [1.29, 1.82) is 0 Å². The molecule has 188 valence electrons. The number of alkyl halides is 3. The molecule has 0 bridgehead atoms. The fourth-order valence-corrected chi connectivity index (χ4v) is 3.50. The Morgan fingerprint density at radius 3 is 2.53 bits per heavy atom. The molecule has 0 fully saturated rings. The van der Waals surface area contributed by atoms with E-state index in [1.807, 2.05) is 42.9 Å². The highest BCUT2D eigenvalue weighted by Gasteiger charge is 2.29.